The van der Waals surface area contributed by atoms with Gasteiger partial charge in [0.2, 0.25) is 10.0 Å². The maximum atomic E-state index is 12.9. The molecule has 1 N–H and O–H groups in total. The van der Waals surface area contributed by atoms with Crippen LogP contribution in [0.3, 0.4) is 0 Å². The van der Waals surface area contributed by atoms with Gasteiger partial charge in [-0.2, -0.15) is 9.41 Å². The second-order valence-corrected chi connectivity index (χ2v) is 9.06. The molecule has 0 saturated carbocycles. The predicted octanol–water partition coefficient (Wildman–Crippen LogP) is 2.88. The Hall–Kier alpha value is -3.67. The maximum Gasteiger partial charge on any atom is 0.295 e. The second-order valence-electron chi connectivity index (χ2n) is 7.13. The first kappa shape index (κ1) is 22.5. The van der Waals surface area contributed by atoms with Gasteiger partial charge in [-0.05, 0) is 24.3 Å². The molecule has 10 nitrogen and oxygen atoms in total. The van der Waals surface area contributed by atoms with Crippen LogP contribution in [-0.4, -0.2) is 54.6 Å². The first-order chi connectivity index (χ1) is 16.0. The van der Waals surface area contributed by atoms with Gasteiger partial charge in [-0.3, -0.25) is 20.5 Å². The van der Waals surface area contributed by atoms with Crippen LogP contribution in [0.2, 0.25) is 0 Å². The zero-order chi connectivity index (χ0) is 23.3. The average molecular weight is 468 g/mol. The van der Waals surface area contributed by atoms with Crippen molar-refractivity contribution in [2.75, 3.05) is 31.7 Å². The van der Waals surface area contributed by atoms with Gasteiger partial charge in [0.1, 0.15) is 5.69 Å². The first-order valence-electron chi connectivity index (χ1n) is 10.1. The number of aromatic nitrogens is 1. The number of anilines is 1. The molecule has 0 bridgehead atoms. The van der Waals surface area contributed by atoms with Crippen LogP contribution < -0.4 is 5.43 Å². The van der Waals surface area contributed by atoms with Crippen LogP contribution >= 0.6 is 0 Å². The van der Waals surface area contributed by atoms with E-state index in [1.165, 1.54) is 16.4 Å². The van der Waals surface area contributed by atoms with Gasteiger partial charge in [-0.25, -0.2) is 8.42 Å². The van der Waals surface area contributed by atoms with Crippen LogP contribution in [0, 0.1) is 10.1 Å². The molecule has 170 valence electrons. The van der Waals surface area contributed by atoms with Crippen molar-refractivity contribution in [2.45, 2.75) is 4.90 Å². The molecule has 0 spiro atoms. The Labute approximate surface area is 190 Å². The van der Waals surface area contributed by atoms with Crippen molar-refractivity contribution >= 4 is 27.1 Å². The minimum Gasteiger partial charge on any atom is -0.379 e. The SMILES string of the molecule is O=[N+]([O-])c1cc(S(=O)(=O)N2CCOCC2)ccc1NN=C(c1ccccc1)c1ccncc1. The number of ether oxygens (including phenoxy) is 1. The summed E-state index contributed by atoms with van der Waals surface area (Å²) in [6.45, 7) is 0.972. The van der Waals surface area contributed by atoms with Gasteiger partial charge in [-0.15, -0.1) is 0 Å². The number of rotatable bonds is 7. The highest BCUT2D eigenvalue weighted by Crippen LogP contribution is 2.29. The molecule has 11 heteroatoms. The van der Waals surface area contributed by atoms with Gasteiger partial charge in [-0.1, -0.05) is 30.3 Å². The zero-order valence-electron chi connectivity index (χ0n) is 17.5. The van der Waals surface area contributed by atoms with Crippen molar-refractivity contribution in [3.63, 3.8) is 0 Å². The average Bonchev–Trinajstić information content (AvgIpc) is 2.86. The quantitative estimate of drug-likeness (QED) is 0.321. The Morgan fingerprint density at radius 3 is 2.36 bits per heavy atom. The van der Waals surface area contributed by atoms with Crippen LogP contribution in [0.25, 0.3) is 0 Å². The minimum absolute atomic E-state index is 0.0726. The van der Waals surface area contributed by atoms with Gasteiger partial charge in [0.15, 0.2) is 0 Å². The molecule has 1 saturated heterocycles. The molecule has 0 unspecified atom stereocenters. The Morgan fingerprint density at radius 1 is 1.03 bits per heavy atom. The third-order valence-corrected chi connectivity index (χ3v) is 6.96. The summed E-state index contributed by atoms with van der Waals surface area (Å²) in [4.78, 5) is 15.0. The molecule has 0 radical (unpaired) electrons. The summed E-state index contributed by atoms with van der Waals surface area (Å²) >= 11 is 0. The van der Waals surface area contributed by atoms with Gasteiger partial charge in [0, 0.05) is 42.7 Å². The number of pyridine rings is 1. The first-order valence-corrected chi connectivity index (χ1v) is 11.6. The highest BCUT2D eigenvalue weighted by molar-refractivity contribution is 7.89. The molecular formula is C22H21N5O5S. The predicted molar refractivity (Wildman–Crippen MR) is 123 cm³/mol. The topological polar surface area (TPSA) is 127 Å². The molecule has 1 aliphatic heterocycles. The minimum atomic E-state index is -3.87. The number of nitrogens with zero attached hydrogens (tertiary/aromatic N) is 4. The normalized spacial score (nSPS) is 15.2. The number of benzene rings is 2. The number of nitro groups is 1. The summed E-state index contributed by atoms with van der Waals surface area (Å²) in [5.74, 6) is 0. The molecular weight excluding hydrogens is 446 g/mol. The smallest absolute Gasteiger partial charge is 0.295 e. The van der Waals surface area contributed by atoms with E-state index in [0.29, 0.717) is 5.71 Å². The van der Waals surface area contributed by atoms with Crippen LogP contribution in [0.1, 0.15) is 11.1 Å². The van der Waals surface area contributed by atoms with Crippen molar-refractivity contribution in [1.82, 2.24) is 9.29 Å². The molecule has 2 aromatic carbocycles. The number of hydrogen-bond acceptors (Lipinski definition) is 8. The van der Waals surface area contributed by atoms with Gasteiger partial charge in [0.05, 0.1) is 28.7 Å². The number of sulfonamides is 1. The van der Waals surface area contributed by atoms with E-state index >= 15 is 0 Å². The van der Waals surface area contributed by atoms with E-state index in [1.807, 2.05) is 30.3 Å². The number of nitrogens with one attached hydrogen (secondary N) is 1. The van der Waals surface area contributed by atoms with E-state index in [9.17, 15) is 18.5 Å². The lowest BCUT2D eigenvalue weighted by Gasteiger charge is -2.26. The summed E-state index contributed by atoms with van der Waals surface area (Å²) in [5, 5.41) is 16.2. The summed E-state index contributed by atoms with van der Waals surface area (Å²) < 4.78 is 32.3. The van der Waals surface area contributed by atoms with Crippen LogP contribution in [0.4, 0.5) is 11.4 Å². The van der Waals surface area contributed by atoms with E-state index in [2.05, 4.69) is 15.5 Å². The van der Waals surface area contributed by atoms with E-state index in [-0.39, 0.29) is 36.9 Å². The van der Waals surface area contributed by atoms with E-state index < -0.39 is 20.6 Å². The molecule has 1 aliphatic rings. The molecule has 1 aromatic heterocycles. The Balaban J connectivity index is 1.69. The van der Waals surface area contributed by atoms with E-state index in [0.717, 1.165) is 17.2 Å². The van der Waals surface area contributed by atoms with Gasteiger partial charge in [0.25, 0.3) is 5.69 Å². The largest absolute Gasteiger partial charge is 0.379 e. The lowest BCUT2D eigenvalue weighted by molar-refractivity contribution is -0.384. The van der Waals surface area contributed by atoms with Gasteiger partial charge < -0.3 is 4.74 Å². The second kappa shape index (κ2) is 9.86. The Bertz CT molecular complexity index is 1220. The molecule has 3 aromatic rings. The lowest BCUT2D eigenvalue weighted by atomic mass is 10.0. The summed E-state index contributed by atoms with van der Waals surface area (Å²) in [6.07, 6.45) is 3.25. The fourth-order valence-electron chi connectivity index (χ4n) is 3.37. The van der Waals surface area contributed by atoms with Gasteiger partial charge >= 0.3 is 0 Å². The molecule has 0 amide bonds. The molecule has 33 heavy (non-hydrogen) atoms. The number of hydrogen-bond donors (Lipinski definition) is 1. The summed E-state index contributed by atoms with van der Waals surface area (Å²) in [7, 11) is -3.87. The van der Waals surface area contributed by atoms with Crippen LogP contribution in [-0.2, 0) is 14.8 Å². The highest BCUT2D eigenvalue weighted by atomic mass is 32.2. The monoisotopic (exact) mass is 467 g/mol. The zero-order valence-corrected chi connectivity index (χ0v) is 18.3. The lowest BCUT2D eigenvalue weighted by Crippen LogP contribution is -2.40. The molecule has 4 rings (SSSR count). The molecule has 0 atom stereocenters. The van der Waals surface area contributed by atoms with E-state index in [4.69, 9.17) is 4.74 Å². The van der Waals surface area contributed by atoms with E-state index in [1.54, 1.807) is 24.5 Å². The van der Waals surface area contributed by atoms with Crippen molar-refractivity contribution in [3.05, 3.63) is 94.3 Å². The van der Waals surface area contributed by atoms with Crippen molar-refractivity contribution < 1.29 is 18.1 Å². The third-order valence-electron chi connectivity index (χ3n) is 5.06. The molecule has 2 heterocycles. The summed E-state index contributed by atoms with van der Waals surface area (Å²) in [5.41, 5.74) is 4.54. The Kier molecular flexibility index (Phi) is 6.73. The fraction of sp³-hybridized carbons (Fsp3) is 0.182. The maximum absolute atomic E-state index is 12.9. The summed E-state index contributed by atoms with van der Waals surface area (Å²) in [6, 6.07) is 16.6. The highest BCUT2D eigenvalue weighted by Gasteiger charge is 2.29. The van der Waals surface area contributed by atoms with Crippen molar-refractivity contribution in [3.8, 4) is 0 Å². The van der Waals surface area contributed by atoms with Crippen molar-refractivity contribution in [2.24, 2.45) is 5.10 Å². The van der Waals surface area contributed by atoms with Crippen LogP contribution in [0.5, 0.6) is 0 Å². The fourth-order valence-corrected chi connectivity index (χ4v) is 4.80. The number of nitro benzene ring substituents is 1. The third kappa shape index (κ3) is 5.06. The Morgan fingerprint density at radius 2 is 1.70 bits per heavy atom. The van der Waals surface area contributed by atoms with Crippen molar-refractivity contribution in [1.29, 1.82) is 0 Å². The number of morpholine rings is 1. The van der Waals surface area contributed by atoms with Crippen LogP contribution in [0.15, 0.2) is 83.1 Å². The standard InChI is InChI=1S/C22H21N5O5S/c28-27(29)21-16-19(33(30,31)26-12-14-32-15-13-26)6-7-20(21)24-25-22(17-4-2-1-3-5-17)18-8-10-23-11-9-18/h1-11,16,24H,12-15H2. The number of hydrazone groups is 1. The molecule has 0 aliphatic carbocycles. The molecule has 1 fully saturated rings.